The number of amides is 2. The van der Waals surface area contributed by atoms with Crippen LogP contribution in [0.4, 0.5) is 4.79 Å². The Morgan fingerprint density at radius 3 is 2.58 bits per heavy atom. The number of phenols is 1. The Labute approximate surface area is 231 Å². The molecule has 0 radical (unpaired) electrons. The normalized spacial score (nSPS) is 21.4. The van der Waals surface area contributed by atoms with Crippen LogP contribution in [0.5, 0.6) is 17.2 Å². The predicted molar refractivity (Wildman–Crippen MR) is 150 cm³/mol. The molecule has 8 nitrogen and oxygen atoms in total. The van der Waals surface area contributed by atoms with Gasteiger partial charge in [-0.1, -0.05) is 23.9 Å². The summed E-state index contributed by atoms with van der Waals surface area (Å²) in [5.41, 5.74) is 3.63. The van der Waals surface area contributed by atoms with Crippen LogP contribution in [-0.4, -0.2) is 51.2 Å². The van der Waals surface area contributed by atoms with Gasteiger partial charge in [-0.3, -0.25) is 20.2 Å². The number of ether oxygens (including phenoxy) is 2. The summed E-state index contributed by atoms with van der Waals surface area (Å²) in [6.45, 7) is 7.68. The lowest BCUT2D eigenvalue weighted by molar-refractivity contribution is -0.139. The van der Waals surface area contributed by atoms with Crippen LogP contribution in [0, 0.1) is 20.8 Å². The summed E-state index contributed by atoms with van der Waals surface area (Å²) in [4.78, 5) is 36.5. The Balaban J connectivity index is 1.44. The van der Waals surface area contributed by atoms with E-state index >= 15 is 0 Å². The maximum Gasteiger partial charge on any atom is 0.328 e. The molecule has 38 heavy (non-hydrogen) atoms. The van der Waals surface area contributed by atoms with E-state index in [4.69, 9.17) is 9.47 Å². The van der Waals surface area contributed by atoms with Crippen LogP contribution >= 0.6 is 23.5 Å². The van der Waals surface area contributed by atoms with E-state index in [-0.39, 0.29) is 11.1 Å². The van der Waals surface area contributed by atoms with Crippen LogP contribution in [0.1, 0.15) is 47.6 Å². The molecular formula is C28H34N2O6S2. The minimum absolute atomic E-state index is 0.281. The number of fused-ring (bicyclic) bond motifs is 1. The van der Waals surface area contributed by atoms with Crippen molar-refractivity contribution in [2.75, 3.05) is 12.0 Å². The van der Waals surface area contributed by atoms with E-state index in [1.54, 1.807) is 36.0 Å². The Morgan fingerprint density at radius 2 is 1.95 bits per heavy atom. The van der Waals surface area contributed by atoms with E-state index in [2.05, 4.69) is 10.6 Å². The molecule has 0 bridgehead atoms. The molecule has 2 aliphatic rings. The Kier molecular flexibility index (Phi) is 8.64. The molecule has 0 aromatic heterocycles. The quantitative estimate of drug-likeness (QED) is 0.301. The highest BCUT2D eigenvalue weighted by molar-refractivity contribution is 8.15. The van der Waals surface area contributed by atoms with Gasteiger partial charge in [0.2, 0.25) is 5.91 Å². The molecule has 3 atom stereocenters. The first-order chi connectivity index (χ1) is 18.0. The van der Waals surface area contributed by atoms with Crippen molar-refractivity contribution < 1.29 is 29.0 Å². The number of phenolic OH excluding ortho intramolecular Hbond substituents is 1. The fourth-order valence-electron chi connectivity index (χ4n) is 4.83. The molecule has 0 aliphatic carbocycles. The van der Waals surface area contributed by atoms with Crippen LogP contribution in [0.2, 0.25) is 0 Å². The summed E-state index contributed by atoms with van der Waals surface area (Å²) >= 11 is 2.64. The smallest absolute Gasteiger partial charge is 0.328 e. The zero-order chi connectivity index (χ0) is 27.6. The minimum atomic E-state index is -0.781. The number of rotatable bonds is 9. The summed E-state index contributed by atoms with van der Waals surface area (Å²) in [6.07, 6.45) is 4.33. The Morgan fingerprint density at radius 1 is 1.24 bits per heavy atom. The maximum absolute atomic E-state index is 13.3. The van der Waals surface area contributed by atoms with Crippen molar-refractivity contribution >= 4 is 40.6 Å². The van der Waals surface area contributed by atoms with Crippen LogP contribution in [0.25, 0.3) is 0 Å². The number of carbonyl (C=O) groups is 3. The fraction of sp³-hybridized carbons (Fsp3) is 0.464. The highest BCUT2D eigenvalue weighted by Gasteiger charge is 2.38. The van der Waals surface area contributed by atoms with Gasteiger partial charge in [0.05, 0.1) is 5.25 Å². The first-order valence-electron chi connectivity index (χ1n) is 12.6. The van der Waals surface area contributed by atoms with Crippen LogP contribution in [0.3, 0.4) is 0 Å². The lowest BCUT2D eigenvalue weighted by Crippen LogP contribution is -2.57. The molecule has 4 rings (SSSR count). The highest BCUT2D eigenvalue weighted by Crippen LogP contribution is 2.42. The average molecular weight is 559 g/mol. The van der Waals surface area contributed by atoms with Crippen molar-refractivity contribution in [2.45, 2.75) is 70.4 Å². The molecule has 2 unspecified atom stereocenters. The number of benzene rings is 2. The van der Waals surface area contributed by atoms with E-state index in [9.17, 15) is 19.5 Å². The summed E-state index contributed by atoms with van der Waals surface area (Å²) in [7, 11) is 0. The molecule has 2 heterocycles. The third kappa shape index (κ3) is 6.13. The summed E-state index contributed by atoms with van der Waals surface area (Å²) in [6, 6.07) is 6.42. The number of thioether (sulfide) groups is 2. The molecule has 1 fully saturated rings. The van der Waals surface area contributed by atoms with Crippen LogP contribution < -0.4 is 20.1 Å². The van der Waals surface area contributed by atoms with E-state index < -0.39 is 23.0 Å². The van der Waals surface area contributed by atoms with Gasteiger partial charge in [0.1, 0.15) is 23.3 Å². The van der Waals surface area contributed by atoms with Crippen LogP contribution in [0.15, 0.2) is 24.3 Å². The topological polar surface area (TPSA) is 114 Å². The lowest BCUT2D eigenvalue weighted by atomic mass is 9.90. The molecular weight excluding hydrogens is 524 g/mol. The van der Waals surface area contributed by atoms with E-state index in [0.29, 0.717) is 37.2 Å². The van der Waals surface area contributed by atoms with Crippen molar-refractivity contribution in [3.63, 3.8) is 0 Å². The second kappa shape index (κ2) is 11.6. The molecule has 2 aliphatic heterocycles. The lowest BCUT2D eigenvalue weighted by Gasteiger charge is -2.40. The van der Waals surface area contributed by atoms with Gasteiger partial charge >= 0.3 is 5.97 Å². The number of esters is 1. The van der Waals surface area contributed by atoms with Gasteiger partial charge in [-0.15, -0.1) is 0 Å². The van der Waals surface area contributed by atoms with Gasteiger partial charge in [-0.05, 0) is 93.4 Å². The second-order valence-corrected chi connectivity index (χ2v) is 12.2. The van der Waals surface area contributed by atoms with Gasteiger partial charge in [0.25, 0.3) is 5.24 Å². The Hall–Kier alpha value is -2.69. The van der Waals surface area contributed by atoms with Crippen molar-refractivity contribution in [1.82, 2.24) is 10.6 Å². The molecule has 0 saturated carbocycles. The number of hydrogen-bond donors (Lipinski definition) is 3. The molecule has 10 heteroatoms. The summed E-state index contributed by atoms with van der Waals surface area (Å²) < 4.78 is 12.2. The third-order valence-electron chi connectivity index (χ3n) is 7.22. The van der Waals surface area contributed by atoms with Gasteiger partial charge in [0.15, 0.2) is 5.72 Å². The number of imide groups is 1. The van der Waals surface area contributed by atoms with Crippen molar-refractivity contribution in [3.05, 3.63) is 52.1 Å². The fourth-order valence-corrected chi connectivity index (χ4v) is 6.16. The zero-order valence-corrected chi connectivity index (χ0v) is 23.9. The number of aromatic hydroxyl groups is 1. The highest BCUT2D eigenvalue weighted by atomic mass is 32.2. The van der Waals surface area contributed by atoms with E-state index in [1.807, 2.05) is 34.0 Å². The maximum atomic E-state index is 13.3. The monoisotopic (exact) mass is 558 g/mol. The number of hydrogen-bond acceptors (Lipinski definition) is 9. The van der Waals surface area contributed by atoms with Crippen LogP contribution in [-0.2, 0) is 22.4 Å². The first kappa shape index (κ1) is 28.3. The molecule has 1 saturated heterocycles. The molecule has 204 valence electrons. The number of nitrogens with one attached hydrogen (secondary N) is 2. The number of carbonyl (C=O) groups excluding carboxylic acids is 3. The van der Waals surface area contributed by atoms with Crippen molar-refractivity contribution in [2.24, 2.45) is 0 Å². The van der Waals surface area contributed by atoms with E-state index in [1.165, 1.54) is 0 Å². The van der Waals surface area contributed by atoms with Gasteiger partial charge in [0, 0.05) is 12.0 Å². The second-order valence-electron chi connectivity index (χ2n) is 9.99. The molecule has 2 aromatic carbocycles. The predicted octanol–water partition coefficient (Wildman–Crippen LogP) is 4.57. The minimum Gasteiger partial charge on any atom is -0.507 e. The average Bonchev–Trinajstić information content (AvgIpc) is 3.21. The van der Waals surface area contributed by atoms with Gasteiger partial charge in [-0.25, -0.2) is 4.79 Å². The van der Waals surface area contributed by atoms with Crippen molar-refractivity contribution in [1.29, 1.82) is 0 Å². The third-order valence-corrected chi connectivity index (χ3v) is 8.85. The van der Waals surface area contributed by atoms with Gasteiger partial charge < -0.3 is 14.6 Å². The molecule has 0 spiro atoms. The summed E-state index contributed by atoms with van der Waals surface area (Å²) in [5, 5.41) is 15.4. The summed E-state index contributed by atoms with van der Waals surface area (Å²) in [5.74, 6) is 1.58. The SMILES string of the molecule is CSCC[C@H](NC1(C)CCc2c(C)c(O)c(C)c(C)c2O1)C(=O)Oc1ccc(CC2SC(=O)NC2=O)cc1. The standard InChI is InChI=1S/C28H34N2O6S2/c1-15-16(2)24-20(17(3)23(15)31)10-12-28(4,36-24)30-21(11-13-37-5)26(33)35-19-8-6-18(7-9-19)14-22-25(32)29-27(34)38-22/h6-9,21-22,30-31H,10-14H2,1-5H3,(H,29,32,34)/t21-,22?,28?/m0/s1. The zero-order valence-electron chi connectivity index (χ0n) is 22.3. The van der Waals surface area contributed by atoms with Gasteiger partial charge in [-0.2, -0.15) is 11.8 Å². The molecule has 2 aromatic rings. The van der Waals surface area contributed by atoms with Crippen molar-refractivity contribution in [3.8, 4) is 17.2 Å². The molecule has 2 amide bonds. The van der Waals surface area contributed by atoms with E-state index in [0.717, 1.165) is 51.1 Å². The molecule has 3 N–H and O–H groups in total. The Bertz CT molecular complexity index is 1250. The largest absolute Gasteiger partial charge is 0.507 e. The first-order valence-corrected chi connectivity index (χ1v) is 14.9.